The Kier molecular flexibility index (Phi) is 10.6. The zero-order valence-corrected chi connectivity index (χ0v) is 23.3. The fourth-order valence-electron chi connectivity index (χ4n) is 4.06. The standard InChI is InChI=1S/C31H37ClN2O4/c1-31(2,3)33-30(36)28(21-23-10-6-5-7-11-23)34(22-24-12-8-13-27(20-24)37-4)29(35)14-9-19-38-26-17-15-25(32)16-18-26/h5-8,10-13,15-18,20,28H,9,14,19,21-22H2,1-4H3,(H,33,36). The van der Waals surface area contributed by atoms with Crippen LogP contribution < -0.4 is 14.8 Å². The van der Waals surface area contributed by atoms with Gasteiger partial charge in [-0.2, -0.15) is 0 Å². The van der Waals surface area contributed by atoms with Gasteiger partial charge in [-0.15, -0.1) is 0 Å². The lowest BCUT2D eigenvalue weighted by molar-refractivity contribution is -0.142. The first-order valence-corrected chi connectivity index (χ1v) is 13.2. The minimum Gasteiger partial charge on any atom is -0.497 e. The number of hydrogen-bond donors (Lipinski definition) is 1. The van der Waals surface area contributed by atoms with E-state index in [1.54, 1.807) is 36.3 Å². The summed E-state index contributed by atoms with van der Waals surface area (Å²) in [4.78, 5) is 29.0. The molecule has 0 saturated heterocycles. The summed E-state index contributed by atoms with van der Waals surface area (Å²) >= 11 is 5.94. The van der Waals surface area contributed by atoms with Gasteiger partial charge in [0.1, 0.15) is 17.5 Å². The smallest absolute Gasteiger partial charge is 0.243 e. The lowest BCUT2D eigenvalue weighted by Gasteiger charge is -2.34. The van der Waals surface area contributed by atoms with Crippen LogP contribution in [0.3, 0.4) is 0 Å². The van der Waals surface area contributed by atoms with Crippen LogP contribution in [0, 0.1) is 0 Å². The van der Waals surface area contributed by atoms with Crippen LogP contribution in [-0.2, 0) is 22.6 Å². The summed E-state index contributed by atoms with van der Waals surface area (Å²) in [5.41, 5.74) is 1.43. The molecule has 38 heavy (non-hydrogen) atoms. The number of nitrogens with zero attached hydrogens (tertiary/aromatic N) is 1. The van der Waals surface area contributed by atoms with Crippen molar-refractivity contribution in [2.75, 3.05) is 13.7 Å². The molecule has 0 aromatic heterocycles. The summed E-state index contributed by atoms with van der Waals surface area (Å²) in [6.07, 6.45) is 1.15. The normalized spacial score (nSPS) is 11.9. The molecule has 1 N–H and O–H groups in total. The second-order valence-corrected chi connectivity index (χ2v) is 10.7. The van der Waals surface area contributed by atoms with Crippen molar-refractivity contribution in [3.05, 3.63) is 95.0 Å². The third-order valence-electron chi connectivity index (χ3n) is 5.87. The number of carbonyl (C=O) groups excluding carboxylic acids is 2. The van der Waals surface area contributed by atoms with E-state index in [2.05, 4.69) is 5.32 Å². The maximum absolute atomic E-state index is 13.7. The Morgan fingerprint density at radius 2 is 1.61 bits per heavy atom. The Morgan fingerprint density at radius 3 is 2.26 bits per heavy atom. The van der Waals surface area contributed by atoms with Crippen LogP contribution in [0.15, 0.2) is 78.9 Å². The van der Waals surface area contributed by atoms with Gasteiger partial charge in [0.15, 0.2) is 0 Å². The van der Waals surface area contributed by atoms with Crippen molar-refractivity contribution < 1.29 is 19.1 Å². The number of amides is 2. The van der Waals surface area contributed by atoms with Gasteiger partial charge in [-0.25, -0.2) is 0 Å². The number of benzene rings is 3. The first-order chi connectivity index (χ1) is 18.1. The van der Waals surface area contributed by atoms with E-state index in [9.17, 15) is 9.59 Å². The fourth-order valence-corrected chi connectivity index (χ4v) is 4.19. The molecule has 1 unspecified atom stereocenters. The summed E-state index contributed by atoms with van der Waals surface area (Å²) < 4.78 is 11.2. The van der Waals surface area contributed by atoms with Crippen LogP contribution in [-0.4, -0.2) is 42.0 Å². The van der Waals surface area contributed by atoms with E-state index in [-0.39, 0.29) is 24.8 Å². The third kappa shape index (κ3) is 9.42. The van der Waals surface area contributed by atoms with E-state index < -0.39 is 11.6 Å². The summed E-state index contributed by atoms with van der Waals surface area (Å²) in [6.45, 7) is 6.47. The van der Waals surface area contributed by atoms with E-state index in [4.69, 9.17) is 21.1 Å². The number of halogens is 1. The molecule has 3 aromatic carbocycles. The highest BCUT2D eigenvalue weighted by Gasteiger charge is 2.32. The second kappa shape index (κ2) is 13.9. The van der Waals surface area contributed by atoms with Gasteiger partial charge >= 0.3 is 0 Å². The van der Waals surface area contributed by atoms with E-state index in [1.165, 1.54) is 0 Å². The van der Waals surface area contributed by atoms with Crippen LogP contribution in [0.1, 0.15) is 44.7 Å². The molecular weight excluding hydrogens is 500 g/mol. The molecule has 0 aliphatic heterocycles. The predicted octanol–water partition coefficient (Wildman–Crippen LogP) is 6.06. The number of hydrogen-bond acceptors (Lipinski definition) is 4. The molecule has 0 fully saturated rings. The SMILES string of the molecule is COc1cccc(CN(C(=O)CCCOc2ccc(Cl)cc2)C(Cc2ccccc2)C(=O)NC(C)(C)C)c1. The molecule has 0 heterocycles. The molecule has 7 heteroatoms. The van der Waals surface area contributed by atoms with Crippen molar-refractivity contribution in [3.63, 3.8) is 0 Å². The summed E-state index contributed by atoms with van der Waals surface area (Å²) in [6, 6.07) is 23.8. The van der Waals surface area contributed by atoms with Gasteiger partial charge in [0.05, 0.1) is 13.7 Å². The van der Waals surface area contributed by atoms with E-state index in [1.807, 2.05) is 75.4 Å². The highest BCUT2D eigenvalue weighted by Crippen LogP contribution is 2.21. The van der Waals surface area contributed by atoms with Gasteiger partial charge in [-0.05, 0) is 74.7 Å². The Labute approximate surface area is 230 Å². The highest BCUT2D eigenvalue weighted by molar-refractivity contribution is 6.30. The Balaban J connectivity index is 1.82. The van der Waals surface area contributed by atoms with E-state index in [0.29, 0.717) is 36.0 Å². The molecule has 202 valence electrons. The van der Waals surface area contributed by atoms with Crippen LogP contribution in [0.25, 0.3) is 0 Å². The van der Waals surface area contributed by atoms with Crippen LogP contribution >= 0.6 is 11.6 Å². The molecule has 3 aromatic rings. The van der Waals surface area contributed by atoms with Crippen molar-refractivity contribution in [2.24, 2.45) is 0 Å². The Morgan fingerprint density at radius 1 is 0.921 bits per heavy atom. The lowest BCUT2D eigenvalue weighted by atomic mass is 10.00. The lowest BCUT2D eigenvalue weighted by Crippen LogP contribution is -2.54. The fraction of sp³-hybridized carbons (Fsp3) is 0.355. The van der Waals surface area contributed by atoms with Crippen LogP contribution in [0.5, 0.6) is 11.5 Å². The minimum absolute atomic E-state index is 0.113. The molecule has 0 bridgehead atoms. The van der Waals surface area contributed by atoms with Crippen molar-refractivity contribution in [3.8, 4) is 11.5 Å². The maximum atomic E-state index is 13.7. The van der Waals surface area contributed by atoms with Gasteiger partial charge in [0, 0.05) is 29.9 Å². The topological polar surface area (TPSA) is 67.9 Å². The van der Waals surface area contributed by atoms with Gasteiger partial charge < -0.3 is 19.7 Å². The molecule has 0 aliphatic carbocycles. The molecule has 0 spiro atoms. The average Bonchev–Trinajstić information content (AvgIpc) is 2.89. The van der Waals surface area contributed by atoms with Gasteiger partial charge in [0.2, 0.25) is 11.8 Å². The van der Waals surface area contributed by atoms with Gasteiger partial charge in [-0.3, -0.25) is 9.59 Å². The third-order valence-corrected chi connectivity index (χ3v) is 6.13. The van der Waals surface area contributed by atoms with Gasteiger partial charge in [-0.1, -0.05) is 54.1 Å². The molecule has 0 aliphatic rings. The summed E-state index contributed by atoms with van der Waals surface area (Å²) in [5, 5.41) is 3.72. The molecule has 3 rings (SSSR count). The first kappa shape index (κ1) is 29.1. The van der Waals surface area contributed by atoms with Crippen molar-refractivity contribution in [2.45, 2.75) is 58.2 Å². The maximum Gasteiger partial charge on any atom is 0.243 e. The molecule has 0 radical (unpaired) electrons. The predicted molar refractivity (Wildman–Crippen MR) is 152 cm³/mol. The van der Waals surface area contributed by atoms with Crippen molar-refractivity contribution >= 4 is 23.4 Å². The highest BCUT2D eigenvalue weighted by atomic mass is 35.5. The summed E-state index contributed by atoms with van der Waals surface area (Å²) in [5.74, 6) is 1.10. The molecule has 6 nitrogen and oxygen atoms in total. The Bertz CT molecular complexity index is 1180. The number of nitrogens with one attached hydrogen (secondary N) is 1. The second-order valence-electron chi connectivity index (χ2n) is 10.2. The molecule has 0 saturated carbocycles. The average molecular weight is 537 g/mol. The van der Waals surface area contributed by atoms with Crippen molar-refractivity contribution in [1.82, 2.24) is 10.2 Å². The molecular formula is C31H37ClN2O4. The van der Waals surface area contributed by atoms with Crippen LogP contribution in [0.4, 0.5) is 0 Å². The number of methoxy groups -OCH3 is 1. The largest absolute Gasteiger partial charge is 0.497 e. The minimum atomic E-state index is -0.687. The monoisotopic (exact) mass is 536 g/mol. The van der Waals surface area contributed by atoms with Crippen molar-refractivity contribution in [1.29, 1.82) is 0 Å². The zero-order chi connectivity index (χ0) is 27.5. The number of carbonyl (C=O) groups is 2. The van der Waals surface area contributed by atoms with Gasteiger partial charge in [0.25, 0.3) is 0 Å². The zero-order valence-electron chi connectivity index (χ0n) is 22.6. The molecule has 1 atom stereocenters. The first-order valence-electron chi connectivity index (χ1n) is 12.8. The molecule has 2 amide bonds. The number of ether oxygens (including phenoxy) is 2. The van der Waals surface area contributed by atoms with E-state index in [0.717, 1.165) is 11.1 Å². The summed E-state index contributed by atoms with van der Waals surface area (Å²) in [7, 11) is 1.61. The quantitative estimate of drug-likeness (QED) is 0.286. The number of rotatable bonds is 12. The Hall–Kier alpha value is -3.51. The van der Waals surface area contributed by atoms with E-state index >= 15 is 0 Å². The van der Waals surface area contributed by atoms with Crippen LogP contribution in [0.2, 0.25) is 5.02 Å².